The molecule has 2 rings (SSSR count). The summed E-state index contributed by atoms with van der Waals surface area (Å²) in [6.07, 6.45) is 1.34. The molecule has 1 saturated heterocycles. The highest BCUT2D eigenvalue weighted by molar-refractivity contribution is 5.78. The second-order valence-corrected chi connectivity index (χ2v) is 5.80. The molecule has 1 heterocycles. The van der Waals surface area contributed by atoms with Crippen LogP contribution >= 0.6 is 0 Å². The van der Waals surface area contributed by atoms with E-state index in [1.165, 1.54) is 12.1 Å². The Morgan fingerprint density at radius 2 is 2.10 bits per heavy atom. The standard InChI is InChI=1S/C16H23FN2O/c1-12(2)15-11-19(9-3-8-18-15)16(20)10-13-4-6-14(17)7-5-13/h4-7,12,15,18H,3,8-11H2,1-2H3. The van der Waals surface area contributed by atoms with Crippen molar-refractivity contribution in [2.45, 2.75) is 32.7 Å². The molecule has 0 aliphatic carbocycles. The summed E-state index contributed by atoms with van der Waals surface area (Å²) in [6, 6.07) is 6.54. The average molecular weight is 278 g/mol. The van der Waals surface area contributed by atoms with Crippen LogP contribution in [0.5, 0.6) is 0 Å². The third kappa shape index (κ3) is 4.04. The molecule has 1 unspecified atom stereocenters. The van der Waals surface area contributed by atoms with Crippen molar-refractivity contribution in [2.75, 3.05) is 19.6 Å². The maximum absolute atomic E-state index is 12.9. The van der Waals surface area contributed by atoms with E-state index in [1.807, 2.05) is 4.90 Å². The number of amides is 1. The molecule has 1 aromatic rings. The molecule has 3 nitrogen and oxygen atoms in total. The SMILES string of the molecule is CC(C)C1CN(C(=O)Cc2ccc(F)cc2)CCCN1. The fourth-order valence-electron chi connectivity index (χ4n) is 2.51. The third-order valence-corrected chi connectivity index (χ3v) is 3.85. The predicted octanol–water partition coefficient (Wildman–Crippen LogP) is 2.21. The minimum atomic E-state index is -0.264. The van der Waals surface area contributed by atoms with Crippen molar-refractivity contribution in [3.8, 4) is 0 Å². The van der Waals surface area contributed by atoms with E-state index >= 15 is 0 Å². The predicted molar refractivity (Wildman–Crippen MR) is 77.9 cm³/mol. The number of carbonyl (C=O) groups excluding carboxylic acids is 1. The smallest absolute Gasteiger partial charge is 0.227 e. The average Bonchev–Trinajstić information content (AvgIpc) is 2.67. The molecule has 1 atom stereocenters. The molecule has 1 amide bonds. The molecule has 1 N–H and O–H groups in total. The molecule has 0 aromatic heterocycles. The topological polar surface area (TPSA) is 32.3 Å². The number of nitrogens with one attached hydrogen (secondary N) is 1. The maximum atomic E-state index is 12.9. The van der Waals surface area contributed by atoms with Crippen LogP contribution in [0, 0.1) is 11.7 Å². The zero-order chi connectivity index (χ0) is 14.5. The molecular formula is C16H23FN2O. The van der Waals surface area contributed by atoms with Gasteiger partial charge in [0, 0.05) is 19.1 Å². The van der Waals surface area contributed by atoms with E-state index in [9.17, 15) is 9.18 Å². The van der Waals surface area contributed by atoms with Crippen molar-refractivity contribution in [3.05, 3.63) is 35.6 Å². The fraction of sp³-hybridized carbons (Fsp3) is 0.562. The van der Waals surface area contributed by atoms with Gasteiger partial charge < -0.3 is 10.2 Å². The summed E-state index contributed by atoms with van der Waals surface area (Å²) in [5.74, 6) is 0.375. The first-order valence-electron chi connectivity index (χ1n) is 7.32. The highest BCUT2D eigenvalue weighted by atomic mass is 19.1. The second kappa shape index (κ2) is 6.84. The van der Waals surface area contributed by atoms with Gasteiger partial charge in [-0.2, -0.15) is 0 Å². The van der Waals surface area contributed by atoms with Gasteiger partial charge in [0.2, 0.25) is 5.91 Å². The van der Waals surface area contributed by atoms with Crippen LogP contribution in [0.1, 0.15) is 25.8 Å². The van der Waals surface area contributed by atoms with E-state index in [0.29, 0.717) is 18.4 Å². The normalized spacial score (nSPS) is 20.0. The fourth-order valence-corrected chi connectivity index (χ4v) is 2.51. The van der Waals surface area contributed by atoms with Gasteiger partial charge in [0.25, 0.3) is 0 Å². The van der Waals surface area contributed by atoms with Gasteiger partial charge in [0.05, 0.1) is 6.42 Å². The summed E-state index contributed by atoms with van der Waals surface area (Å²) in [7, 11) is 0. The van der Waals surface area contributed by atoms with Gasteiger partial charge in [-0.1, -0.05) is 26.0 Å². The summed E-state index contributed by atoms with van der Waals surface area (Å²) in [4.78, 5) is 14.3. The highest BCUT2D eigenvalue weighted by Crippen LogP contribution is 2.11. The van der Waals surface area contributed by atoms with Crippen LogP contribution in [0.25, 0.3) is 0 Å². The quantitative estimate of drug-likeness (QED) is 0.919. The molecule has 1 fully saturated rings. The van der Waals surface area contributed by atoms with Gasteiger partial charge in [-0.05, 0) is 36.6 Å². The van der Waals surface area contributed by atoms with E-state index in [-0.39, 0.29) is 11.7 Å². The number of hydrogen-bond acceptors (Lipinski definition) is 2. The zero-order valence-corrected chi connectivity index (χ0v) is 12.2. The van der Waals surface area contributed by atoms with E-state index in [1.54, 1.807) is 12.1 Å². The van der Waals surface area contributed by atoms with Crippen molar-refractivity contribution in [1.29, 1.82) is 0 Å². The Hall–Kier alpha value is -1.42. The lowest BCUT2D eigenvalue weighted by molar-refractivity contribution is -0.130. The number of hydrogen-bond donors (Lipinski definition) is 1. The van der Waals surface area contributed by atoms with Gasteiger partial charge in [0.1, 0.15) is 5.82 Å². The van der Waals surface area contributed by atoms with E-state index in [0.717, 1.165) is 31.6 Å². The summed E-state index contributed by atoms with van der Waals surface area (Å²) >= 11 is 0. The maximum Gasteiger partial charge on any atom is 0.227 e. The van der Waals surface area contributed by atoms with Crippen molar-refractivity contribution in [3.63, 3.8) is 0 Å². The molecular weight excluding hydrogens is 255 g/mol. The van der Waals surface area contributed by atoms with Gasteiger partial charge in [-0.25, -0.2) is 4.39 Å². The van der Waals surface area contributed by atoms with Crippen LogP contribution < -0.4 is 5.32 Å². The summed E-state index contributed by atoms with van der Waals surface area (Å²) in [5.41, 5.74) is 0.870. The number of halogens is 1. The van der Waals surface area contributed by atoms with Crippen molar-refractivity contribution in [1.82, 2.24) is 10.2 Å². The molecule has 0 spiro atoms. The van der Waals surface area contributed by atoms with E-state index < -0.39 is 0 Å². The van der Waals surface area contributed by atoms with E-state index in [4.69, 9.17) is 0 Å². The zero-order valence-electron chi connectivity index (χ0n) is 12.2. The van der Waals surface area contributed by atoms with E-state index in [2.05, 4.69) is 19.2 Å². The van der Waals surface area contributed by atoms with Crippen LogP contribution in [0.2, 0.25) is 0 Å². The second-order valence-electron chi connectivity index (χ2n) is 5.80. The van der Waals surface area contributed by atoms with Gasteiger partial charge in [-0.3, -0.25) is 4.79 Å². The van der Waals surface area contributed by atoms with Crippen molar-refractivity contribution < 1.29 is 9.18 Å². The minimum absolute atomic E-state index is 0.131. The van der Waals surface area contributed by atoms with Crippen LogP contribution in [0.3, 0.4) is 0 Å². The monoisotopic (exact) mass is 278 g/mol. The first-order valence-corrected chi connectivity index (χ1v) is 7.32. The molecule has 110 valence electrons. The molecule has 1 aromatic carbocycles. The Bertz CT molecular complexity index is 444. The highest BCUT2D eigenvalue weighted by Gasteiger charge is 2.23. The number of nitrogens with zero attached hydrogens (tertiary/aromatic N) is 1. The van der Waals surface area contributed by atoms with Gasteiger partial charge >= 0.3 is 0 Å². The molecule has 0 bridgehead atoms. The first kappa shape index (κ1) is 15.0. The summed E-state index contributed by atoms with van der Waals surface area (Å²) in [5, 5.41) is 3.49. The van der Waals surface area contributed by atoms with Crippen LogP contribution in [0.4, 0.5) is 4.39 Å². The largest absolute Gasteiger partial charge is 0.341 e. The summed E-state index contributed by atoms with van der Waals surface area (Å²) < 4.78 is 12.9. The Kier molecular flexibility index (Phi) is 5.12. The van der Waals surface area contributed by atoms with Crippen LogP contribution in [0.15, 0.2) is 24.3 Å². The number of benzene rings is 1. The molecule has 1 aliphatic rings. The lowest BCUT2D eigenvalue weighted by atomic mass is 10.0. The Morgan fingerprint density at radius 3 is 2.75 bits per heavy atom. The summed E-state index contributed by atoms with van der Waals surface area (Å²) in [6.45, 7) is 6.87. The van der Waals surface area contributed by atoms with Crippen LogP contribution in [-0.2, 0) is 11.2 Å². The molecule has 20 heavy (non-hydrogen) atoms. The number of rotatable bonds is 3. The molecule has 4 heteroatoms. The first-order chi connectivity index (χ1) is 9.56. The van der Waals surface area contributed by atoms with Crippen molar-refractivity contribution >= 4 is 5.91 Å². The lowest BCUT2D eigenvalue weighted by Crippen LogP contribution is -2.43. The Morgan fingerprint density at radius 1 is 1.40 bits per heavy atom. The lowest BCUT2D eigenvalue weighted by Gasteiger charge is -2.27. The Labute approximate surface area is 120 Å². The van der Waals surface area contributed by atoms with Crippen LogP contribution in [-0.4, -0.2) is 36.5 Å². The number of carbonyl (C=O) groups is 1. The van der Waals surface area contributed by atoms with Crippen molar-refractivity contribution in [2.24, 2.45) is 5.92 Å². The molecule has 0 saturated carbocycles. The van der Waals surface area contributed by atoms with Gasteiger partial charge in [0.15, 0.2) is 0 Å². The third-order valence-electron chi connectivity index (χ3n) is 3.85. The van der Waals surface area contributed by atoms with Gasteiger partial charge in [-0.15, -0.1) is 0 Å². The minimum Gasteiger partial charge on any atom is -0.341 e. The Balaban J connectivity index is 1.98. The molecule has 0 radical (unpaired) electrons. The molecule has 1 aliphatic heterocycles.